The van der Waals surface area contributed by atoms with E-state index in [-0.39, 0.29) is 5.92 Å². The van der Waals surface area contributed by atoms with Crippen LogP contribution in [-0.2, 0) is 4.79 Å². The molecule has 0 unspecified atom stereocenters. The third kappa shape index (κ3) is 2.98. The summed E-state index contributed by atoms with van der Waals surface area (Å²) in [5.74, 6) is 1.03. The van der Waals surface area contributed by atoms with Crippen LogP contribution in [0.4, 0.5) is 0 Å². The van der Waals surface area contributed by atoms with Crippen molar-refractivity contribution in [2.75, 3.05) is 0 Å². The molecule has 0 aromatic heterocycles. The second-order valence-corrected chi connectivity index (χ2v) is 4.16. The lowest BCUT2D eigenvalue weighted by molar-refractivity contribution is -0.127. The lowest BCUT2D eigenvalue weighted by Gasteiger charge is -2.22. The van der Waals surface area contributed by atoms with Gasteiger partial charge in [-0.3, -0.25) is 4.79 Å². The van der Waals surface area contributed by atoms with E-state index < -0.39 is 0 Å². The molecule has 0 aromatic rings. The van der Waals surface area contributed by atoms with Crippen molar-refractivity contribution in [1.29, 1.82) is 0 Å². The maximum atomic E-state index is 11.8. The molecular formula is C12H20O. The first-order chi connectivity index (χ1) is 6.25. The van der Waals surface area contributed by atoms with E-state index in [0.29, 0.717) is 11.7 Å². The summed E-state index contributed by atoms with van der Waals surface area (Å²) in [5.41, 5.74) is 0. The first-order valence-electron chi connectivity index (χ1n) is 5.40. The zero-order chi connectivity index (χ0) is 9.68. The molecule has 0 radical (unpaired) electrons. The van der Waals surface area contributed by atoms with E-state index in [4.69, 9.17) is 0 Å². The van der Waals surface area contributed by atoms with Gasteiger partial charge in [0.2, 0.25) is 0 Å². The molecular weight excluding hydrogens is 160 g/mol. The van der Waals surface area contributed by atoms with E-state index in [1.165, 1.54) is 19.3 Å². The van der Waals surface area contributed by atoms with Gasteiger partial charge in [0.05, 0.1) is 0 Å². The standard InChI is InChI=1S/C12H20O/c1-3-7-10(2)12(13)11-8-5-4-6-9-11/h3,10-11H,1,4-9H2,2H3/t10-/m1/s1. The Balaban J connectivity index is 2.40. The smallest absolute Gasteiger partial charge is 0.139 e. The fourth-order valence-corrected chi connectivity index (χ4v) is 2.16. The van der Waals surface area contributed by atoms with Gasteiger partial charge < -0.3 is 0 Å². The van der Waals surface area contributed by atoms with Gasteiger partial charge in [0.15, 0.2) is 0 Å². The topological polar surface area (TPSA) is 17.1 Å². The minimum absolute atomic E-state index is 0.195. The Morgan fingerprint density at radius 3 is 2.62 bits per heavy atom. The Morgan fingerprint density at radius 2 is 2.08 bits per heavy atom. The van der Waals surface area contributed by atoms with Crippen molar-refractivity contribution in [1.82, 2.24) is 0 Å². The Kier molecular flexibility index (Phi) is 4.20. The second-order valence-electron chi connectivity index (χ2n) is 4.16. The molecule has 1 rings (SSSR count). The van der Waals surface area contributed by atoms with Crippen molar-refractivity contribution in [3.05, 3.63) is 12.7 Å². The van der Waals surface area contributed by atoms with Crippen LogP contribution in [0.15, 0.2) is 12.7 Å². The van der Waals surface area contributed by atoms with Gasteiger partial charge in [-0.25, -0.2) is 0 Å². The van der Waals surface area contributed by atoms with Crippen molar-refractivity contribution in [3.63, 3.8) is 0 Å². The van der Waals surface area contributed by atoms with Crippen LogP contribution in [0.3, 0.4) is 0 Å². The van der Waals surface area contributed by atoms with Gasteiger partial charge in [-0.2, -0.15) is 0 Å². The van der Waals surface area contributed by atoms with Crippen LogP contribution in [0.25, 0.3) is 0 Å². The molecule has 1 nitrogen and oxygen atoms in total. The molecule has 0 aliphatic heterocycles. The average Bonchev–Trinajstić information content (AvgIpc) is 2.18. The van der Waals surface area contributed by atoms with E-state index in [0.717, 1.165) is 19.3 Å². The Bertz CT molecular complexity index is 178. The summed E-state index contributed by atoms with van der Waals surface area (Å²) in [6.45, 7) is 5.70. The first kappa shape index (κ1) is 10.5. The number of carbonyl (C=O) groups excluding carboxylic acids is 1. The summed E-state index contributed by atoms with van der Waals surface area (Å²) in [4.78, 5) is 11.8. The van der Waals surface area contributed by atoms with Gasteiger partial charge >= 0.3 is 0 Å². The minimum atomic E-state index is 0.195. The second kappa shape index (κ2) is 5.21. The summed E-state index contributed by atoms with van der Waals surface area (Å²) < 4.78 is 0. The van der Waals surface area contributed by atoms with E-state index in [1.807, 2.05) is 13.0 Å². The van der Waals surface area contributed by atoms with E-state index >= 15 is 0 Å². The van der Waals surface area contributed by atoms with Crippen molar-refractivity contribution in [2.24, 2.45) is 11.8 Å². The SMILES string of the molecule is C=CC[C@@H](C)C(=O)C1CCCCC1. The molecule has 0 N–H and O–H groups in total. The first-order valence-corrected chi connectivity index (χ1v) is 5.40. The van der Waals surface area contributed by atoms with Gasteiger partial charge in [0.25, 0.3) is 0 Å². The highest BCUT2D eigenvalue weighted by Gasteiger charge is 2.24. The zero-order valence-corrected chi connectivity index (χ0v) is 8.59. The third-order valence-corrected chi connectivity index (χ3v) is 3.01. The number of Topliss-reactive ketones (excluding diaryl/α,β-unsaturated/α-hetero) is 1. The summed E-state index contributed by atoms with van der Waals surface area (Å²) in [7, 11) is 0. The summed E-state index contributed by atoms with van der Waals surface area (Å²) >= 11 is 0. The molecule has 1 aliphatic rings. The molecule has 1 heteroatoms. The van der Waals surface area contributed by atoms with Crippen LogP contribution < -0.4 is 0 Å². The maximum Gasteiger partial charge on any atom is 0.139 e. The summed E-state index contributed by atoms with van der Waals surface area (Å²) in [6, 6.07) is 0. The average molecular weight is 180 g/mol. The van der Waals surface area contributed by atoms with Gasteiger partial charge in [-0.1, -0.05) is 32.3 Å². The van der Waals surface area contributed by atoms with Crippen LogP contribution in [0.5, 0.6) is 0 Å². The number of rotatable bonds is 4. The Morgan fingerprint density at radius 1 is 1.46 bits per heavy atom. The van der Waals surface area contributed by atoms with Crippen LogP contribution in [0.1, 0.15) is 45.4 Å². The molecule has 0 bridgehead atoms. The maximum absolute atomic E-state index is 11.8. The lowest BCUT2D eigenvalue weighted by Crippen LogP contribution is -2.23. The summed E-state index contributed by atoms with van der Waals surface area (Å²) in [6.07, 6.45) is 8.76. The molecule has 0 aromatic carbocycles. The molecule has 1 fully saturated rings. The number of hydrogen-bond donors (Lipinski definition) is 0. The predicted molar refractivity (Wildman–Crippen MR) is 55.6 cm³/mol. The Hall–Kier alpha value is -0.590. The van der Waals surface area contributed by atoms with E-state index in [9.17, 15) is 4.79 Å². The summed E-state index contributed by atoms with van der Waals surface area (Å²) in [5, 5.41) is 0. The van der Waals surface area contributed by atoms with Gasteiger partial charge in [-0.15, -0.1) is 6.58 Å². The van der Waals surface area contributed by atoms with Gasteiger partial charge in [-0.05, 0) is 19.3 Å². The van der Waals surface area contributed by atoms with Crippen LogP contribution >= 0.6 is 0 Å². The monoisotopic (exact) mass is 180 g/mol. The van der Waals surface area contributed by atoms with Crippen molar-refractivity contribution in [3.8, 4) is 0 Å². The minimum Gasteiger partial charge on any atom is -0.299 e. The highest BCUT2D eigenvalue weighted by Crippen LogP contribution is 2.27. The van der Waals surface area contributed by atoms with Crippen LogP contribution in [-0.4, -0.2) is 5.78 Å². The molecule has 1 atom stereocenters. The molecule has 0 amide bonds. The highest BCUT2D eigenvalue weighted by molar-refractivity contribution is 5.83. The molecule has 1 aliphatic carbocycles. The quantitative estimate of drug-likeness (QED) is 0.606. The fraction of sp³-hybridized carbons (Fsp3) is 0.750. The molecule has 1 saturated carbocycles. The number of ketones is 1. The van der Waals surface area contributed by atoms with E-state index in [2.05, 4.69) is 6.58 Å². The van der Waals surface area contributed by atoms with Gasteiger partial charge in [0, 0.05) is 11.8 Å². The van der Waals surface area contributed by atoms with Crippen LogP contribution in [0.2, 0.25) is 0 Å². The van der Waals surface area contributed by atoms with Crippen molar-refractivity contribution >= 4 is 5.78 Å². The number of allylic oxidation sites excluding steroid dienone is 1. The number of hydrogen-bond acceptors (Lipinski definition) is 1. The molecule has 74 valence electrons. The zero-order valence-electron chi connectivity index (χ0n) is 8.59. The Labute approximate surface area is 81.2 Å². The molecule has 0 heterocycles. The number of carbonyl (C=O) groups is 1. The van der Waals surface area contributed by atoms with Crippen molar-refractivity contribution < 1.29 is 4.79 Å². The molecule has 0 saturated heterocycles. The third-order valence-electron chi connectivity index (χ3n) is 3.01. The van der Waals surface area contributed by atoms with Crippen LogP contribution in [0, 0.1) is 11.8 Å². The lowest BCUT2D eigenvalue weighted by atomic mass is 9.81. The fourth-order valence-electron chi connectivity index (χ4n) is 2.16. The highest BCUT2D eigenvalue weighted by atomic mass is 16.1. The van der Waals surface area contributed by atoms with E-state index in [1.54, 1.807) is 0 Å². The molecule has 0 spiro atoms. The largest absolute Gasteiger partial charge is 0.299 e. The predicted octanol–water partition coefficient (Wildman–Crippen LogP) is 3.35. The van der Waals surface area contributed by atoms with Gasteiger partial charge in [0.1, 0.15) is 5.78 Å². The normalized spacial score (nSPS) is 21.0. The van der Waals surface area contributed by atoms with Crippen molar-refractivity contribution in [2.45, 2.75) is 45.4 Å². The molecule has 13 heavy (non-hydrogen) atoms.